The number of carbonyl (C=O) groups is 1. The minimum atomic E-state index is -0.796. The van der Waals surface area contributed by atoms with E-state index in [1.807, 2.05) is 12.2 Å². The van der Waals surface area contributed by atoms with Crippen molar-refractivity contribution < 1.29 is 9.90 Å². The molecule has 0 saturated heterocycles. The van der Waals surface area contributed by atoms with Gasteiger partial charge in [-0.1, -0.05) is 69.1 Å². The van der Waals surface area contributed by atoms with Crippen LogP contribution in [0.3, 0.4) is 0 Å². The molecule has 138 valence electrons. The zero-order chi connectivity index (χ0) is 18.4. The molecule has 0 aromatic carbocycles. The van der Waals surface area contributed by atoms with Crippen LogP contribution in [0.15, 0.2) is 24.3 Å². The summed E-state index contributed by atoms with van der Waals surface area (Å²) in [5, 5.41) is 8.46. The van der Waals surface area contributed by atoms with Crippen molar-refractivity contribution in [2.24, 2.45) is 0 Å². The molecule has 0 fully saturated rings. The summed E-state index contributed by atoms with van der Waals surface area (Å²) in [5.74, 6) is 11.3. The molecule has 0 aromatic rings. The van der Waals surface area contributed by atoms with Crippen molar-refractivity contribution in [1.82, 2.24) is 0 Å². The summed E-state index contributed by atoms with van der Waals surface area (Å²) in [4.78, 5) is 10.3. The Morgan fingerprint density at radius 1 is 0.840 bits per heavy atom. The van der Waals surface area contributed by atoms with E-state index in [1.54, 1.807) is 6.08 Å². The molecule has 0 saturated carbocycles. The molecule has 0 bridgehead atoms. The Kier molecular flexibility index (Phi) is 18.6. The quantitative estimate of drug-likeness (QED) is 0.243. The van der Waals surface area contributed by atoms with E-state index in [9.17, 15) is 4.79 Å². The fourth-order valence-electron chi connectivity index (χ4n) is 2.24. The first-order valence-corrected chi connectivity index (χ1v) is 9.75. The first kappa shape index (κ1) is 23.1. The lowest BCUT2D eigenvalue weighted by Crippen LogP contribution is -1.91. The Hall–Kier alpha value is -1.93. The van der Waals surface area contributed by atoms with Crippen LogP contribution in [-0.4, -0.2) is 11.1 Å². The van der Waals surface area contributed by atoms with E-state index >= 15 is 0 Å². The number of rotatable bonds is 13. The van der Waals surface area contributed by atoms with E-state index in [-0.39, 0.29) is 6.42 Å². The lowest BCUT2D eigenvalue weighted by Gasteiger charge is -1.99. The maximum Gasteiger partial charge on any atom is 0.304 e. The van der Waals surface area contributed by atoms with Gasteiger partial charge < -0.3 is 5.11 Å². The summed E-state index contributed by atoms with van der Waals surface area (Å²) in [7, 11) is 0. The Labute approximate surface area is 154 Å². The third-order valence-electron chi connectivity index (χ3n) is 3.67. The molecule has 0 unspecified atom stereocenters. The number of carboxylic acid groups (broad SMARTS) is 1. The monoisotopic (exact) mass is 342 g/mol. The highest BCUT2D eigenvalue weighted by atomic mass is 16.4. The van der Waals surface area contributed by atoms with Crippen LogP contribution in [0.2, 0.25) is 0 Å². The number of hydrogen-bond donors (Lipinski definition) is 1. The van der Waals surface area contributed by atoms with Gasteiger partial charge in [-0.2, -0.15) is 0 Å². The molecule has 25 heavy (non-hydrogen) atoms. The van der Waals surface area contributed by atoms with Gasteiger partial charge in [-0.15, -0.1) is 11.8 Å². The maximum absolute atomic E-state index is 10.3. The maximum atomic E-state index is 10.3. The van der Waals surface area contributed by atoms with Crippen molar-refractivity contribution in [3.8, 4) is 23.7 Å². The molecule has 0 aliphatic rings. The molecular weight excluding hydrogens is 308 g/mol. The minimum absolute atomic E-state index is 0.115. The zero-order valence-corrected chi connectivity index (χ0v) is 15.9. The van der Waals surface area contributed by atoms with E-state index in [2.05, 4.69) is 36.7 Å². The fraction of sp³-hybridized carbons (Fsp3) is 0.609. The van der Waals surface area contributed by atoms with Gasteiger partial charge in [-0.3, -0.25) is 4.79 Å². The summed E-state index contributed by atoms with van der Waals surface area (Å²) in [6.07, 6.45) is 21.9. The lowest BCUT2D eigenvalue weighted by atomic mass is 10.1. The van der Waals surface area contributed by atoms with Crippen LogP contribution in [0, 0.1) is 23.7 Å². The lowest BCUT2D eigenvalue weighted by molar-refractivity contribution is -0.136. The molecule has 2 nitrogen and oxygen atoms in total. The van der Waals surface area contributed by atoms with Crippen molar-refractivity contribution in [3.05, 3.63) is 24.3 Å². The predicted octanol–water partition coefficient (Wildman–Crippen LogP) is 6.28. The van der Waals surface area contributed by atoms with Gasteiger partial charge in [0.1, 0.15) is 0 Å². The topological polar surface area (TPSA) is 37.3 Å². The van der Waals surface area contributed by atoms with Crippen molar-refractivity contribution in [3.63, 3.8) is 0 Å². The van der Waals surface area contributed by atoms with Crippen molar-refractivity contribution in [2.45, 2.75) is 90.4 Å². The minimum Gasteiger partial charge on any atom is -0.481 e. The zero-order valence-electron chi connectivity index (χ0n) is 15.9. The number of hydrogen-bond acceptors (Lipinski definition) is 1. The molecule has 0 atom stereocenters. The van der Waals surface area contributed by atoms with Gasteiger partial charge in [-0.25, -0.2) is 0 Å². The van der Waals surface area contributed by atoms with E-state index in [4.69, 9.17) is 5.11 Å². The average molecular weight is 343 g/mol. The van der Waals surface area contributed by atoms with Crippen LogP contribution in [0.1, 0.15) is 90.4 Å². The van der Waals surface area contributed by atoms with Gasteiger partial charge in [0.2, 0.25) is 0 Å². The number of allylic oxidation sites excluding steroid dienone is 4. The molecule has 0 aliphatic heterocycles. The smallest absolute Gasteiger partial charge is 0.304 e. The molecular formula is C23H34O2. The van der Waals surface area contributed by atoms with Gasteiger partial charge in [0.25, 0.3) is 0 Å². The van der Waals surface area contributed by atoms with Crippen LogP contribution in [0.4, 0.5) is 0 Å². The fourth-order valence-corrected chi connectivity index (χ4v) is 2.24. The van der Waals surface area contributed by atoms with Gasteiger partial charge in [-0.05, 0) is 31.8 Å². The van der Waals surface area contributed by atoms with Crippen molar-refractivity contribution in [2.75, 3.05) is 0 Å². The van der Waals surface area contributed by atoms with Gasteiger partial charge in [0.05, 0.1) is 6.42 Å². The summed E-state index contributed by atoms with van der Waals surface area (Å²) in [6, 6.07) is 0. The molecule has 1 N–H and O–H groups in total. The molecule has 2 heteroatoms. The molecule has 0 heterocycles. The Morgan fingerprint density at radius 3 is 2.24 bits per heavy atom. The largest absolute Gasteiger partial charge is 0.481 e. The third-order valence-corrected chi connectivity index (χ3v) is 3.67. The SMILES string of the molecule is CCCC#CCCCCCCCCCC=CC=CC#CCCC(=O)O. The summed E-state index contributed by atoms with van der Waals surface area (Å²) < 4.78 is 0. The normalized spacial score (nSPS) is 10.4. The first-order chi connectivity index (χ1) is 12.3. The standard InChI is InChI=1S/C23H34O2/c1-2-3-4-5-6-7-8-9-10-11-12-13-14-15-16-17-18-19-20-21-22-23(24)25/h15-18H,2-3,6-14,21-22H2,1H3,(H,24,25). The average Bonchev–Trinajstić information content (AvgIpc) is 2.60. The Morgan fingerprint density at radius 2 is 1.52 bits per heavy atom. The second-order valence-electron chi connectivity index (χ2n) is 6.12. The number of aliphatic carboxylic acids is 1. The summed E-state index contributed by atoms with van der Waals surface area (Å²) >= 11 is 0. The second kappa shape index (κ2) is 20.1. The van der Waals surface area contributed by atoms with Crippen molar-refractivity contribution in [1.29, 1.82) is 0 Å². The molecule has 0 aromatic heterocycles. The number of unbranched alkanes of at least 4 members (excludes halogenated alkanes) is 9. The summed E-state index contributed by atoms with van der Waals surface area (Å²) in [6.45, 7) is 2.17. The molecule has 0 amide bonds. The van der Waals surface area contributed by atoms with Crippen molar-refractivity contribution >= 4 is 5.97 Å². The van der Waals surface area contributed by atoms with E-state index in [1.165, 1.54) is 51.4 Å². The first-order valence-electron chi connectivity index (χ1n) is 9.75. The Bertz CT molecular complexity index is 492. The molecule has 0 radical (unpaired) electrons. The van der Waals surface area contributed by atoms with Gasteiger partial charge in [0.15, 0.2) is 0 Å². The van der Waals surface area contributed by atoms with Gasteiger partial charge >= 0.3 is 5.97 Å². The van der Waals surface area contributed by atoms with Crippen LogP contribution in [0.25, 0.3) is 0 Å². The predicted molar refractivity (Wildman–Crippen MR) is 107 cm³/mol. The molecule has 0 aliphatic carbocycles. The van der Waals surface area contributed by atoms with E-state index in [0.29, 0.717) is 6.42 Å². The highest BCUT2D eigenvalue weighted by Gasteiger charge is 1.91. The van der Waals surface area contributed by atoms with Crippen LogP contribution < -0.4 is 0 Å². The third kappa shape index (κ3) is 22.1. The second-order valence-corrected chi connectivity index (χ2v) is 6.12. The molecule has 0 rings (SSSR count). The molecule has 0 spiro atoms. The van der Waals surface area contributed by atoms with Gasteiger partial charge in [0, 0.05) is 19.3 Å². The van der Waals surface area contributed by atoms with Crippen LogP contribution in [0.5, 0.6) is 0 Å². The van der Waals surface area contributed by atoms with Crippen LogP contribution >= 0.6 is 0 Å². The van der Waals surface area contributed by atoms with E-state index < -0.39 is 5.97 Å². The number of carboxylic acids is 1. The van der Waals surface area contributed by atoms with Crippen LogP contribution in [-0.2, 0) is 4.79 Å². The highest BCUT2D eigenvalue weighted by Crippen LogP contribution is 2.09. The Balaban J connectivity index is 3.32. The summed E-state index contributed by atoms with van der Waals surface area (Å²) in [5.41, 5.74) is 0. The van der Waals surface area contributed by atoms with E-state index in [0.717, 1.165) is 19.3 Å². The highest BCUT2D eigenvalue weighted by molar-refractivity contribution is 5.67.